The summed E-state index contributed by atoms with van der Waals surface area (Å²) in [5, 5.41) is 10.4. The summed E-state index contributed by atoms with van der Waals surface area (Å²) in [7, 11) is 0. The van der Waals surface area contributed by atoms with E-state index in [0.717, 1.165) is 6.42 Å². The number of ether oxygens (including phenoxy) is 1. The summed E-state index contributed by atoms with van der Waals surface area (Å²) in [5.74, 6) is -0.236. The van der Waals surface area contributed by atoms with Gasteiger partial charge in [-0.15, -0.1) is 0 Å². The van der Waals surface area contributed by atoms with E-state index in [1.54, 1.807) is 18.2 Å². The number of rotatable bonds is 3. The number of aliphatic hydroxyl groups is 1. The molecule has 1 saturated heterocycles. The van der Waals surface area contributed by atoms with Crippen molar-refractivity contribution in [2.45, 2.75) is 57.8 Å². The Hall–Kier alpha value is -0.930. The van der Waals surface area contributed by atoms with Gasteiger partial charge in [-0.2, -0.15) is 0 Å². The van der Waals surface area contributed by atoms with Crippen molar-refractivity contribution in [1.29, 1.82) is 0 Å². The molecule has 1 aliphatic rings. The minimum atomic E-state index is -0.589. The first-order valence-corrected chi connectivity index (χ1v) is 6.83. The molecule has 0 bridgehead atoms. The summed E-state index contributed by atoms with van der Waals surface area (Å²) in [4.78, 5) is 0. The van der Waals surface area contributed by atoms with Crippen molar-refractivity contribution in [2.75, 3.05) is 0 Å². The van der Waals surface area contributed by atoms with E-state index in [2.05, 4.69) is 0 Å². The first-order chi connectivity index (χ1) is 8.71. The Morgan fingerprint density at radius 2 is 1.95 bits per heavy atom. The van der Waals surface area contributed by atoms with E-state index < -0.39 is 6.10 Å². The van der Waals surface area contributed by atoms with E-state index in [1.807, 2.05) is 27.7 Å². The lowest BCUT2D eigenvalue weighted by Crippen LogP contribution is -2.37. The maximum Gasteiger partial charge on any atom is 0.126 e. The van der Waals surface area contributed by atoms with Gasteiger partial charge in [0.25, 0.3) is 0 Å². The summed E-state index contributed by atoms with van der Waals surface area (Å²) in [6, 6.07) is 6.62. The van der Waals surface area contributed by atoms with Gasteiger partial charge in [0.15, 0.2) is 0 Å². The quantitative estimate of drug-likeness (QED) is 0.909. The molecule has 0 spiro atoms. The van der Waals surface area contributed by atoms with Crippen molar-refractivity contribution in [2.24, 2.45) is 5.92 Å². The number of benzene rings is 1. The summed E-state index contributed by atoms with van der Waals surface area (Å²) in [6.45, 7) is 8.06. The van der Waals surface area contributed by atoms with Gasteiger partial charge in [-0.05, 0) is 45.7 Å². The highest BCUT2D eigenvalue weighted by molar-refractivity contribution is 5.18. The highest BCUT2D eigenvalue weighted by Gasteiger charge is 2.48. The van der Waals surface area contributed by atoms with Gasteiger partial charge in [-0.3, -0.25) is 0 Å². The van der Waals surface area contributed by atoms with Gasteiger partial charge in [0, 0.05) is 12.3 Å². The van der Waals surface area contributed by atoms with Gasteiger partial charge < -0.3 is 9.84 Å². The van der Waals surface area contributed by atoms with Gasteiger partial charge in [0.05, 0.1) is 17.3 Å². The number of halogens is 1. The van der Waals surface area contributed by atoms with Crippen LogP contribution in [0.5, 0.6) is 0 Å². The third kappa shape index (κ3) is 3.15. The smallest absolute Gasteiger partial charge is 0.126 e. The molecule has 0 aliphatic carbocycles. The van der Waals surface area contributed by atoms with Crippen molar-refractivity contribution >= 4 is 0 Å². The molecule has 1 fully saturated rings. The molecule has 2 unspecified atom stereocenters. The van der Waals surface area contributed by atoms with Gasteiger partial charge in [0.1, 0.15) is 5.82 Å². The molecule has 0 amide bonds. The van der Waals surface area contributed by atoms with Crippen molar-refractivity contribution in [3.05, 3.63) is 35.6 Å². The topological polar surface area (TPSA) is 29.5 Å². The first-order valence-electron chi connectivity index (χ1n) is 6.83. The lowest BCUT2D eigenvalue weighted by Gasteiger charge is -2.30. The van der Waals surface area contributed by atoms with E-state index >= 15 is 0 Å². The van der Waals surface area contributed by atoms with Crippen LogP contribution in [0.15, 0.2) is 24.3 Å². The summed E-state index contributed by atoms with van der Waals surface area (Å²) in [5.41, 5.74) is -0.0473. The van der Waals surface area contributed by atoms with Gasteiger partial charge >= 0.3 is 0 Å². The predicted octanol–water partition coefficient (Wildman–Crippen LogP) is 3.32. The van der Waals surface area contributed by atoms with Crippen molar-refractivity contribution < 1.29 is 14.2 Å². The third-order valence-corrected chi connectivity index (χ3v) is 4.00. The molecule has 0 saturated carbocycles. The van der Waals surface area contributed by atoms with E-state index in [-0.39, 0.29) is 22.9 Å². The van der Waals surface area contributed by atoms with Crippen LogP contribution < -0.4 is 0 Å². The fourth-order valence-corrected chi connectivity index (χ4v) is 3.24. The van der Waals surface area contributed by atoms with E-state index in [9.17, 15) is 9.50 Å². The Morgan fingerprint density at radius 3 is 2.47 bits per heavy atom. The minimum Gasteiger partial charge on any atom is -0.392 e. The van der Waals surface area contributed by atoms with Crippen LogP contribution in [0.2, 0.25) is 0 Å². The largest absolute Gasteiger partial charge is 0.392 e. The second-order valence-corrected chi connectivity index (χ2v) is 6.64. The van der Waals surface area contributed by atoms with E-state index in [4.69, 9.17) is 4.74 Å². The van der Waals surface area contributed by atoms with Crippen LogP contribution in [-0.2, 0) is 11.2 Å². The lowest BCUT2D eigenvalue weighted by molar-refractivity contribution is -0.0873. The van der Waals surface area contributed by atoms with E-state index in [0.29, 0.717) is 12.0 Å². The molecule has 2 atom stereocenters. The summed E-state index contributed by atoms with van der Waals surface area (Å²) >= 11 is 0. The Labute approximate surface area is 114 Å². The van der Waals surface area contributed by atoms with Crippen molar-refractivity contribution in [3.8, 4) is 0 Å². The minimum absolute atomic E-state index is 0.0158. The molecular formula is C16H23FO2. The van der Waals surface area contributed by atoms with Crippen molar-refractivity contribution in [1.82, 2.24) is 0 Å². The molecule has 19 heavy (non-hydrogen) atoms. The zero-order valence-electron chi connectivity index (χ0n) is 12.1. The molecule has 2 nitrogen and oxygen atoms in total. The van der Waals surface area contributed by atoms with Crippen molar-refractivity contribution in [3.63, 3.8) is 0 Å². The average Bonchev–Trinajstić information content (AvgIpc) is 2.50. The molecule has 1 N–H and O–H groups in total. The Morgan fingerprint density at radius 1 is 1.32 bits per heavy atom. The second kappa shape index (κ2) is 4.88. The fourth-order valence-electron chi connectivity index (χ4n) is 3.24. The van der Waals surface area contributed by atoms with Crippen LogP contribution in [0.25, 0.3) is 0 Å². The van der Waals surface area contributed by atoms with Crippen LogP contribution in [-0.4, -0.2) is 22.4 Å². The monoisotopic (exact) mass is 266 g/mol. The molecule has 1 aromatic carbocycles. The maximum absolute atomic E-state index is 13.6. The average molecular weight is 266 g/mol. The van der Waals surface area contributed by atoms with Gasteiger partial charge in [-0.25, -0.2) is 4.39 Å². The standard InChI is InChI=1S/C16H23FO2/c1-15(2)10-12(16(3,4)19-15)14(18)9-11-7-5-6-8-13(11)17/h5-8,12,14,18H,9-10H2,1-4H3. The summed E-state index contributed by atoms with van der Waals surface area (Å²) < 4.78 is 19.6. The summed E-state index contributed by atoms with van der Waals surface area (Å²) in [6.07, 6.45) is 0.532. The number of aliphatic hydroxyl groups excluding tert-OH is 1. The Bertz CT molecular complexity index is 454. The zero-order valence-corrected chi connectivity index (χ0v) is 12.1. The predicted molar refractivity (Wildman–Crippen MR) is 73.5 cm³/mol. The van der Waals surface area contributed by atoms with Gasteiger partial charge in [0.2, 0.25) is 0 Å². The molecule has 0 radical (unpaired) electrons. The molecule has 1 aromatic rings. The first kappa shape index (κ1) is 14.5. The maximum atomic E-state index is 13.6. The van der Waals surface area contributed by atoms with Crippen LogP contribution >= 0.6 is 0 Å². The molecule has 1 heterocycles. The normalized spacial score (nSPS) is 26.3. The molecule has 106 valence electrons. The highest BCUT2D eigenvalue weighted by Crippen LogP contribution is 2.44. The number of hydrogen-bond acceptors (Lipinski definition) is 2. The Kier molecular flexibility index (Phi) is 3.72. The molecular weight excluding hydrogens is 243 g/mol. The Balaban J connectivity index is 2.13. The molecule has 3 heteroatoms. The molecule has 1 aliphatic heterocycles. The SMILES string of the molecule is CC1(C)CC(C(O)Cc2ccccc2F)C(C)(C)O1. The molecule has 2 rings (SSSR count). The van der Waals surface area contributed by atoms with Gasteiger partial charge in [-0.1, -0.05) is 18.2 Å². The molecule has 0 aromatic heterocycles. The second-order valence-electron chi connectivity index (χ2n) is 6.64. The van der Waals surface area contributed by atoms with Crippen LogP contribution in [0.4, 0.5) is 4.39 Å². The lowest BCUT2D eigenvalue weighted by atomic mass is 9.81. The third-order valence-electron chi connectivity index (χ3n) is 4.00. The number of hydrogen-bond donors (Lipinski definition) is 1. The van der Waals surface area contributed by atoms with Crippen LogP contribution in [0, 0.1) is 11.7 Å². The highest BCUT2D eigenvalue weighted by atomic mass is 19.1. The zero-order chi connectivity index (χ0) is 14.3. The van der Waals surface area contributed by atoms with E-state index in [1.165, 1.54) is 6.07 Å². The van der Waals surface area contributed by atoms with Crippen LogP contribution in [0.3, 0.4) is 0 Å². The fraction of sp³-hybridized carbons (Fsp3) is 0.625. The van der Waals surface area contributed by atoms with Crippen LogP contribution in [0.1, 0.15) is 39.7 Å².